The van der Waals surface area contributed by atoms with Crippen LogP contribution in [0.1, 0.15) is 11.1 Å². The molecule has 1 N–H and O–H groups in total. The van der Waals surface area contributed by atoms with Crippen LogP contribution in [0, 0.1) is 0 Å². The number of nitrogens with zero attached hydrogens (tertiary/aromatic N) is 3. The van der Waals surface area contributed by atoms with Gasteiger partial charge in [-0.25, -0.2) is 0 Å². The van der Waals surface area contributed by atoms with Gasteiger partial charge >= 0.3 is 0 Å². The molecule has 0 saturated carbocycles. The monoisotopic (exact) mass is 334 g/mol. The molecule has 3 rings (SSSR count). The molecule has 0 aromatic heterocycles. The van der Waals surface area contributed by atoms with Crippen molar-refractivity contribution < 1.29 is 4.79 Å². The van der Waals surface area contributed by atoms with Gasteiger partial charge < -0.3 is 5.32 Å². The van der Waals surface area contributed by atoms with Gasteiger partial charge in [0.2, 0.25) is 5.91 Å². The molecule has 1 amide bonds. The molecule has 2 fully saturated rings. The van der Waals surface area contributed by atoms with E-state index in [1.807, 2.05) is 17.8 Å². The number of carbonyl (C=O) groups is 1. The van der Waals surface area contributed by atoms with Crippen LogP contribution in [-0.4, -0.2) is 52.5 Å². The Bertz CT molecular complexity index is 597. The average Bonchev–Trinajstić information content (AvgIpc) is 2.95. The highest BCUT2D eigenvalue weighted by atomic mass is 32.2. The minimum Gasteiger partial charge on any atom is -0.303 e. The molecule has 0 spiro atoms. The van der Waals surface area contributed by atoms with Gasteiger partial charge in [0, 0.05) is 31.1 Å². The fraction of sp³-hybridized carbons (Fsp3) is 0.400. The number of hydrogen-bond donors (Lipinski definition) is 1. The SMILES string of the molecule is O=C1CSC(=NN=Cc2ccccc2CN2CCSCC2)N1. The molecule has 0 atom stereocenters. The Morgan fingerprint density at radius 1 is 1.27 bits per heavy atom. The van der Waals surface area contributed by atoms with Gasteiger partial charge in [-0.3, -0.25) is 9.69 Å². The fourth-order valence-electron chi connectivity index (χ4n) is 2.33. The Kier molecular flexibility index (Phi) is 5.53. The third kappa shape index (κ3) is 4.34. The van der Waals surface area contributed by atoms with Crippen molar-refractivity contribution in [3.63, 3.8) is 0 Å². The lowest BCUT2D eigenvalue weighted by Gasteiger charge is -2.26. The van der Waals surface area contributed by atoms with Gasteiger partial charge in [0.25, 0.3) is 0 Å². The number of hydrogen-bond acceptors (Lipinski definition) is 6. The summed E-state index contributed by atoms with van der Waals surface area (Å²) in [5.41, 5.74) is 2.35. The smallest absolute Gasteiger partial charge is 0.236 e. The van der Waals surface area contributed by atoms with Gasteiger partial charge in [0.1, 0.15) is 0 Å². The lowest BCUT2D eigenvalue weighted by Crippen LogP contribution is -2.32. The highest BCUT2D eigenvalue weighted by Gasteiger charge is 2.16. The van der Waals surface area contributed by atoms with Crippen molar-refractivity contribution in [2.45, 2.75) is 6.54 Å². The number of amidine groups is 1. The summed E-state index contributed by atoms with van der Waals surface area (Å²) in [7, 11) is 0. The van der Waals surface area contributed by atoms with E-state index in [0.29, 0.717) is 10.9 Å². The van der Waals surface area contributed by atoms with Crippen LogP contribution in [0.5, 0.6) is 0 Å². The van der Waals surface area contributed by atoms with Crippen molar-refractivity contribution in [1.82, 2.24) is 10.2 Å². The number of nitrogens with one attached hydrogen (secondary N) is 1. The number of amides is 1. The van der Waals surface area contributed by atoms with E-state index in [1.165, 1.54) is 28.8 Å². The number of rotatable bonds is 4. The first kappa shape index (κ1) is 15.6. The summed E-state index contributed by atoms with van der Waals surface area (Å²) in [4.78, 5) is 13.6. The van der Waals surface area contributed by atoms with Crippen LogP contribution in [0.3, 0.4) is 0 Å². The zero-order valence-corrected chi connectivity index (χ0v) is 13.8. The first-order valence-corrected chi connectivity index (χ1v) is 9.37. The highest BCUT2D eigenvalue weighted by molar-refractivity contribution is 8.15. The van der Waals surface area contributed by atoms with Gasteiger partial charge in [-0.15, -0.1) is 5.10 Å². The molecule has 2 aliphatic rings. The number of carbonyl (C=O) groups excluding carboxylic acids is 1. The van der Waals surface area contributed by atoms with Crippen LogP contribution in [0.2, 0.25) is 0 Å². The Morgan fingerprint density at radius 3 is 2.86 bits per heavy atom. The summed E-state index contributed by atoms with van der Waals surface area (Å²) in [5.74, 6) is 2.84. The Hall–Kier alpha value is -1.31. The molecule has 1 aromatic carbocycles. The highest BCUT2D eigenvalue weighted by Crippen LogP contribution is 2.15. The molecule has 22 heavy (non-hydrogen) atoms. The second-order valence-electron chi connectivity index (χ2n) is 5.07. The standard InChI is InChI=1S/C15H18N4OS2/c20-14-11-22-15(17-14)18-16-9-12-3-1-2-4-13(12)10-19-5-7-21-8-6-19/h1-4,9H,5-8,10-11H2,(H,17,18,20). The molecule has 1 aromatic rings. The van der Waals surface area contributed by atoms with Crippen LogP contribution < -0.4 is 5.32 Å². The molecule has 116 valence electrons. The first-order chi connectivity index (χ1) is 10.8. The normalized spacial score (nSPS) is 21.6. The van der Waals surface area contributed by atoms with Crippen molar-refractivity contribution in [3.05, 3.63) is 35.4 Å². The van der Waals surface area contributed by atoms with Crippen LogP contribution in [0.25, 0.3) is 0 Å². The third-order valence-electron chi connectivity index (χ3n) is 3.48. The molecule has 2 aliphatic heterocycles. The molecule has 2 saturated heterocycles. The molecule has 0 bridgehead atoms. The number of thioether (sulfide) groups is 2. The fourth-order valence-corrected chi connectivity index (χ4v) is 3.94. The van der Waals surface area contributed by atoms with E-state index in [9.17, 15) is 4.79 Å². The van der Waals surface area contributed by atoms with E-state index in [1.54, 1.807) is 6.21 Å². The molecule has 2 heterocycles. The van der Waals surface area contributed by atoms with Crippen LogP contribution in [-0.2, 0) is 11.3 Å². The van der Waals surface area contributed by atoms with Gasteiger partial charge in [0.05, 0.1) is 12.0 Å². The van der Waals surface area contributed by atoms with E-state index in [-0.39, 0.29) is 5.91 Å². The number of benzene rings is 1. The average molecular weight is 334 g/mol. The molecular formula is C15H18N4OS2. The lowest BCUT2D eigenvalue weighted by molar-refractivity contribution is -0.116. The molecular weight excluding hydrogens is 316 g/mol. The van der Waals surface area contributed by atoms with Crippen LogP contribution >= 0.6 is 23.5 Å². The Morgan fingerprint density at radius 2 is 2.09 bits per heavy atom. The van der Waals surface area contributed by atoms with E-state index in [0.717, 1.165) is 25.2 Å². The zero-order chi connectivity index (χ0) is 15.2. The predicted molar refractivity (Wildman–Crippen MR) is 94.7 cm³/mol. The van der Waals surface area contributed by atoms with Crippen LogP contribution in [0.4, 0.5) is 0 Å². The summed E-state index contributed by atoms with van der Waals surface area (Å²) in [6.07, 6.45) is 1.77. The summed E-state index contributed by atoms with van der Waals surface area (Å²) >= 11 is 3.40. The van der Waals surface area contributed by atoms with Gasteiger partial charge in [0.15, 0.2) is 5.17 Å². The second-order valence-corrected chi connectivity index (χ2v) is 7.26. The largest absolute Gasteiger partial charge is 0.303 e. The first-order valence-electron chi connectivity index (χ1n) is 7.23. The molecule has 0 aliphatic carbocycles. The maximum Gasteiger partial charge on any atom is 0.236 e. The summed E-state index contributed by atoms with van der Waals surface area (Å²) in [6.45, 7) is 3.23. The maximum atomic E-state index is 11.1. The van der Waals surface area contributed by atoms with Crippen molar-refractivity contribution in [2.75, 3.05) is 30.3 Å². The quantitative estimate of drug-likeness (QED) is 0.674. The predicted octanol–water partition coefficient (Wildman–Crippen LogP) is 1.79. The van der Waals surface area contributed by atoms with Gasteiger partial charge in [-0.05, 0) is 11.1 Å². The Labute approximate surface area is 138 Å². The van der Waals surface area contributed by atoms with E-state index in [2.05, 4.69) is 38.6 Å². The topological polar surface area (TPSA) is 57.1 Å². The molecule has 5 nitrogen and oxygen atoms in total. The summed E-state index contributed by atoms with van der Waals surface area (Å²) < 4.78 is 0. The van der Waals surface area contributed by atoms with Crippen molar-refractivity contribution in [3.8, 4) is 0 Å². The Balaban J connectivity index is 1.66. The lowest BCUT2D eigenvalue weighted by atomic mass is 10.1. The van der Waals surface area contributed by atoms with E-state index < -0.39 is 0 Å². The molecule has 7 heteroatoms. The van der Waals surface area contributed by atoms with E-state index >= 15 is 0 Å². The minimum atomic E-state index is -0.0117. The van der Waals surface area contributed by atoms with Crippen molar-refractivity contribution in [1.29, 1.82) is 0 Å². The minimum absolute atomic E-state index is 0.0117. The van der Waals surface area contributed by atoms with Crippen molar-refractivity contribution in [2.24, 2.45) is 10.2 Å². The second kappa shape index (κ2) is 7.80. The van der Waals surface area contributed by atoms with Crippen molar-refractivity contribution >= 4 is 40.8 Å². The van der Waals surface area contributed by atoms with Gasteiger partial charge in [-0.2, -0.15) is 16.9 Å². The maximum absolute atomic E-state index is 11.1. The summed E-state index contributed by atoms with van der Waals surface area (Å²) in [6, 6.07) is 8.26. The molecule has 0 unspecified atom stereocenters. The zero-order valence-electron chi connectivity index (χ0n) is 12.2. The molecule has 0 radical (unpaired) electrons. The summed E-state index contributed by atoms with van der Waals surface area (Å²) in [5, 5.41) is 11.4. The van der Waals surface area contributed by atoms with Gasteiger partial charge in [-0.1, -0.05) is 36.0 Å². The van der Waals surface area contributed by atoms with E-state index in [4.69, 9.17) is 0 Å². The third-order valence-corrected chi connectivity index (χ3v) is 5.29. The van der Waals surface area contributed by atoms with Crippen LogP contribution in [0.15, 0.2) is 34.5 Å².